The Hall–Kier alpha value is -2.67. The Labute approximate surface area is 143 Å². The molecule has 0 aliphatic carbocycles. The average Bonchev–Trinajstić information content (AvgIpc) is 2.94. The molecule has 7 heteroatoms. The van der Waals surface area contributed by atoms with Crippen LogP contribution in [0.1, 0.15) is 17.0 Å². The van der Waals surface area contributed by atoms with E-state index in [0.29, 0.717) is 5.75 Å². The molecule has 0 fully saturated rings. The van der Waals surface area contributed by atoms with Gasteiger partial charge in [-0.05, 0) is 11.1 Å². The minimum Gasteiger partial charge on any atom is -0.309 e. The number of non-ortho nitro benzene ring substituents is 1. The maximum Gasteiger partial charge on any atom is 0.269 e. The molecule has 0 unspecified atom stereocenters. The summed E-state index contributed by atoms with van der Waals surface area (Å²) in [6, 6.07) is 16.7. The first-order chi connectivity index (χ1) is 11.6. The Bertz CT molecular complexity index is 832. The summed E-state index contributed by atoms with van der Waals surface area (Å²) in [6.07, 6.45) is 0.739. The minimum atomic E-state index is -0.393. The lowest BCUT2D eigenvalue weighted by Gasteiger charge is -2.04. The molecule has 0 saturated carbocycles. The van der Waals surface area contributed by atoms with E-state index in [2.05, 4.69) is 22.3 Å². The van der Waals surface area contributed by atoms with Crippen LogP contribution in [0, 0.1) is 10.1 Å². The van der Waals surface area contributed by atoms with Crippen LogP contribution < -0.4 is 0 Å². The van der Waals surface area contributed by atoms with Crippen LogP contribution in [-0.4, -0.2) is 19.7 Å². The highest BCUT2D eigenvalue weighted by molar-refractivity contribution is 7.98. The number of nitrogens with zero attached hydrogens (tertiary/aromatic N) is 4. The van der Waals surface area contributed by atoms with Crippen molar-refractivity contribution in [3.8, 4) is 0 Å². The number of nitro groups is 1. The van der Waals surface area contributed by atoms with Gasteiger partial charge in [-0.2, -0.15) is 0 Å². The lowest BCUT2D eigenvalue weighted by Crippen LogP contribution is -2.00. The molecule has 0 amide bonds. The summed E-state index contributed by atoms with van der Waals surface area (Å²) < 4.78 is 1.99. The molecule has 0 atom stereocenters. The highest BCUT2D eigenvalue weighted by Crippen LogP contribution is 2.23. The number of rotatable bonds is 6. The Morgan fingerprint density at radius 3 is 2.42 bits per heavy atom. The van der Waals surface area contributed by atoms with Crippen molar-refractivity contribution in [1.82, 2.24) is 14.8 Å². The van der Waals surface area contributed by atoms with Gasteiger partial charge in [0.05, 0.1) is 4.92 Å². The van der Waals surface area contributed by atoms with Crippen LogP contribution in [0.25, 0.3) is 0 Å². The third kappa shape index (κ3) is 3.80. The second-order valence-corrected chi connectivity index (χ2v) is 6.27. The number of thioether (sulfide) groups is 1. The van der Waals surface area contributed by atoms with Crippen molar-refractivity contribution in [2.24, 2.45) is 7.05 Å². The number of hydrogen-bond acceptors (Lipinski definition) is 5. The number of hydrogen-bond donors (Lipinski definition) is 0. The zero-order valence-corrected chi connectivity index (χ0v) is 13.9. The van der Waals surface area contributed by atoms with Crippen LogP contribution >= 0.6 is 11.8 Å². The fourth-order valence-corrected chi connectivity index (χ4v) is 3.15. The standard InChI is InChI=1S/C17H16N4O2S/c1-20-16(11-13-5-3-2-4-6-13)18-19-17(20)24-12-14-7-9-15(10-8-14)21(22)23/h2-10H,11-12H2,1H3. The van der Waals surface area contributed by atoms with Crippen LogP contribution in [0.15, 0.2) is 59.8 Å². The molecule has 0 aliphatic heterocycles. The molecule has 3 rings (SSSR count). The van der Waals surface area contributed by atoms with Crippen LogP contribution in [0.2, 0.25) is 0 Å². The molecule has 1 heterocycles. The van der Waals surface area contributed by atoms with Gasteiger partial charge in [0.2, 0.25) is 0 Å². The van der Waals surface area contributed by atoms with Gasteiger partial charge in [0, 0.05) is 31.4 Å². The van der Waals surface area contributed by atoms with E-state index >= 15 is 0 Å². The van der Waals surface area contributed by atoms with Crippen molar-refractivity contribution in [2.75, 3.05) is 0 Å². The summed E-state index contributed by atoms with van der Waals surface area (Å²) in [7, 11) is 1.95. The van der Waals surface area contributed by atoms with E-state index in [4.69, 9.17) is 0 Å². The Kier molecular flexibility index (Phi) is 4.90. The lowest BCUT2D eigenvalue weighted by molar-refractivity contribution is -0.384. The fourth-order valence-electron chi connectivity index (χ4n) is 2.26. The van der Waals surface area contributed by atoms with Crippen molar-refractivity contribution >= 4 is 17.4 Å². The van der Waals surface area contributed by atoms with Crippen molar-refractivity contribution in [3.63, 3.8) is 0 Å². The SMILES string of the molecule is Cn1c(Cc2ccccc2)nnc1SCc1ccc([N+](=O)[O-])cc1. The topological polar surface area (TPSA) is 73.8 Å². The molecule has 1 aromatic heterocycles. The Morgan fingerprint density at radius 1 is 1.04 bits per heavy atom. The first kappa shape index (κ1) is 16.2. The summed E-state index contributed by atoms with van der Waals surface area (Å²) in [6.45, 7) is 0. The Morgan fingerprint density at radius 2 is 1.75 bits per heavy atom. The van der Waals surface area contributed by atoms with Gasteiger partial charge in [-0.15, -0.1) is 10.2 Å². The van der Waals surface area contributed by atoms with Crippen molar-refractivity contribution in [1.29, 1.82) is 0 Å². The molecule has 0 radical (unpaired) electrons. The van der Waals surface area contributed by atoms with Crippen LogP contribution in [-0.2, 0) is 19.2 Å². The smallest absolute Gasteiger partial charge is 0.269 e. The van der Waals surface area contributed by atoms with E-state index in [1.807, 2.05) is 29.8 Å². The normalized spacial score (nSPS) is 10.7. The fraction of sp³-hybridized carbons (Fsp3) is 0.176. The number of nitro benzene ring substituents is 1. The molecular weight excluding hydrogens is 324 g/mol. The van der Waals surface area contributed by atoms with E-state index < -0.39 is 4.92 Å². The molecule has 0 saturated heterocycles. The van der Waals surface area contributed by atoms with E-state index in [1.165, 1.54) is 17.7 Å². The van der Waals surface area contributed by atoms with Gasteiger partial charge < -0.3 is 4.57 Å². The zero-order valence-electron chi connectivity index (χ0n) is 13.1. The van der Waals surface area contributed by atoms with Gasteiger partial charge in [0.25, 0.3) is 5.69 Å². The average molecular weight is 340 g/mol. The third-order valence-electron chi connectivity index (χ3n) is 3.65. The van der Waals surface area contributed by atoms with E-state index in [9.17, 15) is 10.1 Å². The molecular formula is C17H16N4O2S. The van der Waals surface area contributed by atoms with E-state index in [1.54, 1.807) is 23.9 Å². The molecule has 2 aromatic carbocycles. The van der Waals surface area contributed by atoms with Gasteiger partial charge in [-0.25, -0.2) is 0 Å². The summed E-state index contributed by atoms with van der Waals surface area (Å²) in [5.74, 6) is 1.60. The molecule has 0 bridgehead atoms. The second-order valence-electron chi connectivity index (χ2n) is 5.33. The zero-order chi connectivity index (χ0) is 16.9. The summed E-state index contributed by atoms with van der Waals surface area (Å²) in [4.78, 5) is 10.3. The molecule has 24 heavy (non-hydrogen) atoms. The van der Waals surface area contributed by atoms with Gasteiger partial charge in [-0.1, -0.05) is 54.2 Å². The Balaban J connectivity index is 1.65. The van der Waals surface area contributed by atoms with Crippen LogP contribution in [0.3, 0.4) is 0 Å². The van der Waals surface area contributed by atoms with Crippen molar-refractivity contribution in [2.45, 2.75) is 17.3 Å². The van der Waals surface area contributed by atoms with Crippen molar-refractivity contribution in [3.05, 3.63) is 81.7 Å². The predicted octanol–water partition coefficient (Wildman–Crippen LogP) is 3.61. The molecule has 0 N–H and O–H groups in total. The van der Waals surface area contributed by atoms with Gasteiger partial charge in [-0.3, -0.25) is 10.1 Å². The predicted molar refractivity (Wildman–Crippen MR) is 92.9 cm³/mol. The summed E-state index contributed by atoms with van der Waals surface area (Å²) in [5, 5.41) is 20.0. The van der Waals surface area contributed by atoms with E-state index in [-0.39, 0.29) is 5.69 Å². The highest BCUT2D eigenvalue weighted by Gasteiger charge is 2.10. The number of benzene rings is 2. The monoisotopic (exact) mass is 340 g/mol. The largest absolute Gasteiger partial charge is 0.309 e. The molecule has 3 aromatic rings. The van der Waals surface area contributed by atoms with Gasteiger partial charge in [0.1, 0.15) is 5.82 Å². The first-order valence-corrected chi connectivity index (χ1v) is 8.40. The second kappa shape index (κ2) is 7.27. The maximum absolute atomic E-state index is 10.7. The van der Waals surface area contributed by atoms with Crippen LogP contribution in [0.4, 0.5) is 5.69 Å². The molecule has 0 spiro atoms. The molecule has 122 valence electrons. The molecule has 0 aliphatic rings. The number of aromatic nitrogens is 3. The highest BCUT2D eigenvalue weighted by atomic mass is 32.2. The quantitative estimate of drug-likeness (QED) is 0.389. The first-order valence-electron chi connectivity index (χ1n) is 7.42. The summed E-state index contributed by atoms with van der Waals surface area (Å²) >= 11 is 1.57. The van der Waals surface area contributed by atoms with Crippen LogP contribution in [0.5, 0.6) is 0 Å². The van der Waals surface area contributed by atoms with Gasteiger partial charge >= 0.3 is 0 Å². The maximum atomic E-state index is 10.7. The van der Waals surface area contributed by atoms with Crippen molar-refractivity contribution < 1.29 is 4.92 Å². The van der Waals surface area contributed by atoms with E-state index in [0.717, 1.165) is 23.0 Å². The van der Waals surface area contributed by atoms with Gasteiger partial charge in [0.15, 0.2) is 5.16 Å². The third-order valence-corrected chi connectivity index (χ3v) is 4.74. The minimum absolute atomic E-state index is 0.104. The molecule has 6 nitrogen and oxygen atoms in total. The summed E-state index contributed by atoms with van der Waals surface area (Å²) in [5.41, 5.74) is 2.31. The lowest BCUT2D eigenvalue weighted by atomic mass is 10.1.